The summed E-state index contributed by atoms with van der Waals surface area (Å²) in [5.74, 6) is -0.350. The number of rotatable bonds is 3. The number of thiazole rings is 1. The molecule has 8 heteroatoms. The fourth-order valence-corrected chi connectivity index (χ4v) is 4.45. The highest BCUT2D eigenvalue weighted by Crippen LogP contribution is 2.27. The molecule has 1 aromatic heterocycles. The Kier molecular flexibility index (Phi) is 5.40. The van der Waals surface area contributed by atoms with Crippen LogP contribution in [0.4, 0.5) is 10.8 Å². The van der Waals surface area contributed by atoms with Crippen LogP contribution in [0.3, 0.4) is 0 Å². The number of carbonyl (C=O) groups excluding carboxylic acids is 1. The Labute approximate surface area is 172 Å². The van der Waals surface area contributed by atoms with Crippen molar-refractivity contribution >= 4 is 55.7 Å². The Morgan fingerprint density at radius 2 is 1.89 bits per heavy atom. The zero-order valence-corrected chi connectivity index (χ0v) is 17.1. The molecule has 2 aromatic carbocycles. The molecule has 0 spiro atoms. The zero-order chi connectivity index (χ0) is 19.5. The predicted molar refractivity (Wildman–Crippen MR) is 117 cm³/mol. The Morgan fingerprint density at radius 1 is 1.14 bits per heavy atom. The predicted octanol–water partition coefficient (Wildman–Crippen LogP) is 3.60. The summed E-state index contributed by atoms with van der Waals surface area (Å²) < 4.78 is 5.69. The third kappa shape index (κ3) is 3.93. The van der Waals surface area contributed by atoms with Gasteiger partial charge in [0, 0.05) is 31.9 Å². The number of nitrogens with one attached hydrogen (secondary N) is 1. The molecule has 3 aromatic rings. The summed E-state index contributed by atoms with van der Waals surface area (Å²) in [4.78, 5) is 20.8. The first-order valence-electron chi connectivity index (χ1n) is 8.99. The van der Waals surface area contributed by atoms with E-state index in [0.29, 0.717) is 10.7 Å². The summed E-state index contributed by atoms with van der Waals surface area (Å²) in [6.07, 6.45) is 0. The van der Waals surface area contributed by atoms with Crippen LogP contribution in [-0.2, 0) is 4.74 Å². The minimum Gasteiger partial charge on any atom is -0.465 e. The number of piperazine rings is 1. The molecule has 1 N–H and O–H groups in total. The summed E-state index contributed by atoms with van der Waals surface area (Å²) in [6.45, 7) is 3.57. The molecule has 0 radical (unpaired) electrons. The van der Waals surface area contributed by atoms with Crippen LogP contribution in [0.5, 0.6) is 0 Å². The summed E-state index contributed by atoms with van der Waals surface area (Å²) >= 11 is 7.07. The molecular formula is C20H20N4O2S2. The number of ether oxygens (including phenoxy) is 1. The molecule has 0 amide bonds. The van der Waals surface area contributed by atoms with E-state index < -0.39 is 0 Å². The van der Waals surface area contributed by atoms with Crippen molar-refractivity contribution in [2.24, 2.45) is 0 Å². The van der Waals surface area contributed by atoms with Crippen LogP contribution in [0, 0.1) is 0 Å². The molecule has 4 rings (SSSR count). The highest BCUT2D eigenvalue weighted by molar-refractivity contribution is 7.80. The number of methoxy groups -OCH3 is 1. The Balaban J connectivity index is 1.39. The molecule has 6 nitrogen and oxygen atoms in total. The second-order valence-corrected chi connectivity index (χ2v) is 7.85. The molecule has 1 saturated heterocycles. The Bertz CT molecular complexity index is 998. The van der Waals surface area contributed by atoms with E-state index in [1.165, 1.54) is 24.1 Å². The lowest BCUT2D eigenvalue weighted by molar-refractivity contribution is 0.0601. The Morgan fingerprint density at radius 3 is 2.61 bits per heavy atom. The minimum absolute atomic E-state index is 0.350. The highest BCUT2D eigenvalue weighted by atomic mass is 32.1. The first-order valence-corrected chi connectivity index (χ1v) is 10.2. The first-order chi connectivity index (χ1) is 13.6. The van der Waals surface area contributed by atoms with E-state index in [-0.39, 0.29) is 5.97 Å². The molecule has 2 heterocycles. The lowest BCUT2D eigenvalue weighted by atomic mass is 10.2. The van der Waals surface area contributed by atoms with Gasteiger partial charge in [0.25, 0.3) is 0 Å². The standard InChI is InChI=1S/C20H20N4O2S2/c1-26-18(25)14-7-8-16-17(13-14)28-19(21-16)22-20(27)24-11-9-23(10-12-24)15-5-3-2-4-6-15/h2-8,13H,9-12H2,1H3,(H,21,22,27). The number of para-hydroxylation sites is 1. The topological polar surface area (TPSA) is 57.7 Å². The summed E-state index contributed by atoms with van der Waals surface area (Å²) in [5, 5.41) is 4.66. The van der Waals surface area contributed by atoms with Crippen molar-refractivity contribution in [3.63, 3.8) is 0 Å². The van der Waals surface area contributed by atoms with Gasteiger partial charge in [-0.3, -0.25) is 0 Å². The first kappa shape index (κ1) is 18.6. The minimum atomic E-state index is -0.350. The van der Waals surface area contributed by atoms with Crippen LogP contribution in [0.2, 0.25) is 0 Å². The third-order valence-corrected chi connectivity index (χ3v) is 6.01. The van der Waals surface area contributed by atoms with Crippen LogP contribution in [0.1, 0.15) is 10.4 Å². The van der Waals surface area contributed by atoms with E-state index in [1.807, 2.05) is 12.1 Å². The average molecular weight is 413 g/mol. The van der Waals surface area contributed by atoms with E-state index in [1.54, 1.807) is 12.1 Å². The Hall–Kier alpha value is -2.71. The second kappa shape index (κ2) is 8.12. The largest absolute Gasteiger partial charge is 0.465 e. The lowest BCUT2D eigenvalue weighted by Crippen LogP contribution is -2.50. The van der Waals surface area contributed by atoms with Gasteiger partial charge >= 0.3 is 5.97 Å². The number of carbonyl (C=O) groups is 1. The van der Waals surface area contributed by atoms with Crippen LogP contribution in [0.25, 0.3) is 10.2 Å². The number of nitrogens with zero attached hydrogens (tertiary/aromatic N) is 3. The highest BCUT2D eigenvalue weighted by Gasteiger charge is 2.20. The van der Waals surface area contributed by atoms with Crippen molar-refractivity contribution in [1.29, 1.82) is 0 Å². The molecule has 0 saturated carbocycles. The second-order valence-electron chi connectivity index (χ2n) is 6.43. The van der Waals surface area contributed by atoms with Gasteiger partial charge in [0.1, 0.15) is 0 Å². The summed E-state index contributed by atoms with van der Waals surface area (Å²) in [5.41, 5.74) is 2.59. The maximum atomic E-state index is 11.7. The summed E-state index contributed by atoms with van der Waals surface area (Å²) in [6, 6.07) is 15.8. The van der Waals surface area contributed by atoms with Gasteiger partial charge in [-0.25, -0.2) is 9.78 Å². The van der Waals surface area contributed by atoms with Crippen molar-refractivity contribution in [3.05, 3.63) is 54.1 Å². The zero-order valence-electron chi connectivity index (χ0n) is 15.4. The van der Waals surface area contributed by atoms with E-state index in [2.05, 4.69) is 44.4 Å². The van der Waals surface area contributed by atoms with Crippen LogP contribution in [0.15, 0.2) is 48.5 Å². The van der Waals surface area contributed by atoms with Gasteiger partial charge in [0.05, 0.1) is 22.9 Å². The molecule has 1 fully saturated rings. The molecule has 1 aliphatic heterocycles. The number of hydrogen-bond acceptors (Lipinski definition) is 6. The van der Waals surface area contributed by atoms with Crippen LogP contribution < -0.4 is 10.2 Å². The molecule has 0 aliphatic carbocycles. The van der Waals surface area contributed by atoms with Gasteiger partial charge in [0.2, 0.25) is 0 Å². The van der Waals surface area contributed by atoms with Crippen molar-refractivity contribution < 1.29 is 9.53 Å². The van der Waals surface area contributed by atoms with E-state index >= 15 is 0 Å². The molecule has 0 unspecified atom stereocenters. The SMILES string of the molecule is COC(=O)c1ccc2nc(NC(=S)N3CCN(c4ccccc4)CC3)sc2c1. The quantitative estimate of drug-likeness (QED) is 0.521. The lowest BCUT2D eigenvalue weighted by Gasteiger charge is -2.37. The van der Waals surface area contributed by atoms with Gasteiger partial charge in [-0.1, -0.05) is 29.5 Å². The number of benzene rings is 2. The van der Waals surface area contributed by atoms with Crippen molar-refractivity contribution in [2.75, 3.05) is 43.5 Å². The molecular weight excluding hydrogens is 392 g/mol. The van der Waals surface area contributed by atoms with Crippen molar-refractivity contribution in [3.8, 4) is 0 Å². The number of aromatic nitrogens is 1. The molecule has 144 valence electrons. The molecule has 1 aliphatic rings. The monoisotopic (exact) mass is 412 g/mol. The van der Waals surface area contributed by atoms with E-state index in [4.69, 9.17) is 17.0 Å². The van der Waals surface area contributed by atoms with Gasteiger partial charge in [-0.15, -0.1) is 0 Å². The van der Waals surface area contributed by atoms with Crippen molar-refractivity contribution in [1.82, 2.24) is 9.88 Å². The number of fused-ring (bicyclic) bond motifs is 1. The molecule has 28 heavy (non-hydrogen) atoms. The fourth-order valence-electron chi connectivity index (χ4n) is 3.20. The van der Waals surface area contributed by atoms with Crippen LogP contribution in [-0.4, -0.2) is 54.3 Å². The summed E-state index contributed by atoms with van der Waals surface area (Å²) in [7, 11) is 1.38. The number of thiocarbonyl (C=S) groups is 1. The fraction of sp³-hybridized carbons (Fsp3) is 0.250. The van der Waals surface area contributed by atoms with Gasteiger partial charge < -0.3 is 19.9 Å². The van der Waals surface area contributed by atoms with Gasteiger partial charge in [-0.2, -0.15) is 0 Å². The smallest absolute Gasteiger partial charge is 0.337 e. The molecule has 0 atom stereocenters. The third-order valence-electron chi connectivity index (χ3n) is 4.71. The van der Waals surface area contributed by atoms with Gasteiger partial charge in [-0.05, 0) is 42.5 Å². The van der Waals surface area contributed by atoms with Gasteiger partial charge in [0.15, 0.2) is 10.2 Å². The maximum absolute atomic E-state index is 11.7. The molecule has 0 bridgehead atoms. The van der Waals surface area contributed by atoms with E-state index in [9.17, 15) is 4.79 Å². The number of esters is 1. The number of hydrogen-bond donors (Lipinski definition) is 1. The normalized spacial score (nSPS) is 14.2. The average Bonchev–Trinajstić information content (AvgIpc) is 3.15. The van der Waals surface area contributed by atoms with E-state index in [0.717, 1.165) is 41.5 Å². The number of anilines is 2. The van der Waals surface area contributed by atoms with Crippen LogP contribution >= 0.6 is 23.6 Å². The maximum Gasteiger partial charge on any atom is 0.337 e. The van der Waals surface area contributed by atoms with Crippen molar-refractivity contribution in [2.45, 2.75) is 0 Å².